The van der Waals surface area contributed by atoms with Crippen LogP contribution in [0, 0.1) is 5.82 Å². The van der Waals surface area contributed by atoms with E-state index in [0.717, 1.165) is 31.5 Å². The summed E-state index contributed by atoms with van der Waals surface area (Å²) in [6.45, 7) is 5.22. The third kappa shape index (κ3) is 4.36. The maximum absolute atomic E-state index is 13.1. The van der Waals surface area contributed by atoms with Gasteiger partial charge in [0.05, 0.1) is 17.9 Å². The number of hydrogen-bond donors (Lipinski definition) is 1. The van der Waals surface area contributed by atoms with E-state index in [2.05, 4.69) is 48.4 Å². The van der Waals surface area contributed by atoms with Crippen molar-refractivity contribution in [3.05, 3.63) is 65.2 Å². The molecule has 0 saturated heterocycles. The number of rotatable bonds is 7. The minimum absolute atomic E-state index is 0.0161. The van der Waals surface area contributed by atoms with Crippen LogP contribution in [0.5, 0.6) is 0 Å². The van der Waals surface area contributed by atoms with Crippen molar-refractivity contribution in [3.63, 3.8) is 0 Å². The number of aryl methyl sites for hydroxylation is 1. The maximum Gasteiger partial charge on any atom is 0.141 e. The predicted molar refractivity (Wildman–Crippen MR) is 84.8 cm³/mol. The standard InChI is InChI=1S/C18H23FN2/c1-3-6-14-7-5-8-15(12-14)18(20-11-4-2)17-10-9-16(19)13-21-17/h5,7-10,12-13,18,20H,3-4,6,11H2,1-2H3. The van der Waals surface area contributed by atoms with Crippen molar-refractivity contribution < 1.29 is 4.39 Å². The summed E-state index contributed by atoms with van der Waals surface area (Å²) >= 11 is 0. The zero-order valence-corrected chi connectivity index (χ0v) is 12.8. The SMILES string of the molecule is CCCNC(c1cccc(CCC)c1)c1ccc(F)cn1. The van der Waals surface area contributed by atoms with Gasteiger partial charge in [0, 0.05) is 0 Å². The third-order valence-corrected chi connectivity index (χ3v) is 3.47. The zero-order chi connectivity index (χ0) is 15.1. The normalized spacial score (nSPS) is 12.3. The lowest BCUT2D eigenvalue weighted by molar-refractivity contribution is 0.576. The van der Waals surface area contributed by atoms with E-state index in [-0.39, 0.29) is 11.9 Å². The summed E-state index contributed by atoms with van der Waals surface area (Å²) in [6.07, 6.45) is 4.54. The summed E-state index contributed by atoms with van der Waals surface area (Å²) in [4.78, 5) is 4.25. The number of benzene rings is 1. The molecule has 21 heavy (non-hydrogen) atoms. The van der Waals surface area contributed by atoms with Gasteiger partial charge in [-0.1, -0.05) is 44.5 Å². The van der Waals surface area contributed by atoms with Crippen LogP contribution in [0.4, 0.5) is 4.39 Å². The van der Waals surface area contributed by atoms with Gasteiger partial charge in [-0.15, -0.1) is 0 Å². The highest BCUT2D eigenvalue weighted by Crippen LogP contribution is 2.22. The van der Waals surface area contributed by atoms with Crippen molar-refractivity contribution in [1.29, 1.82) is 0 Å². The molecule has 0 aliphatic rings. The molecule has 1 N–H and O–H groups in total. The molecule has 112 valence electrons. The Morgan fingerprint density at radius 2 is 2.00 bits per heavy atom. The Balaban J connectivity index is 2.30. The molecular formula is C18H23FN2. The van der Waals surface area contributed by atoms with E-state index in [4.69, 9.17) is 0 Å². The first-order chi connectivity index (χ1) is 10.2. The largest absolute Gasteiger partial charge is 0.305 e. The molecule has 0 aliphatic carbocycles. The lowest BCUT2D eigenvalue weighted by Crippen LogP contribution is -2.24. The highest BCUT2D eigenvalue weighted by atomic mass is 19.1. The Morgan fingerprint density at radius 3 is 2.67 bits per heavy atom. The number of hydrogen-bond acceptors (Lipinski definition) is 2. The van der Waals surface area contributed by atoms with E-state index in [1.807, 2.05) is 0 Å². The van der Waals surface area contributed by atoms with Crippen LogP contribution in [0.25, 0.3) is 0 Å². The van der Waals surface area contributed by atoms with Crippen LogP contribution in [0.15, 0.2) is 42.6 Å². The fourth-order valence-electron chi connectivity index (χ4n) is 2.46. The Morgan fingerprint density at radius 1 is 1.14 bits per heavy atom. The third-order valence-electron chi connectivity index (χ3n) is 3.47. The molecule has 1 aromatic heterocycles. The molecule has 0 amide bonds. The minimum atomic E-state index is -0.298. The number of pyridine rings is 1. The Bertz CT molecular complexity index is 551. The molecular weight excluding hydrogens is 263 g/mol. The summed E-state index contributed by atoms with van der Waals surface area (Å²) in [5.41, 5.74) is 3.38. The first-order valence-corrected chi connectivity index (χ1v) is 7.68. The smallest absolute Gasteiger partial charge is 0.141 e. The van der Waals surface area contributed by atoms with E-state index in [9.17, 15) is 4.39 Å². The van der Waals surface area contributed by atoms with Gasteiger partial charge in [0.1, 0.15) is 5.82 Å². The number of aromatic nitrogens is 1. The van der Waals surface area contributed by atoms with Gasteiger partial charge in [0.2, 0.25) is 0 Å². The lowest BCUT2D eigenvalue weighted by Gasteiger charge is -2.19. The molecule has 2 aromatic rings. The summed E-state index contributed by atoms with van der Waals surface area (Å²) in [5.74, 6) is -0.298. The van der Waals surface area contributed by atoms with E-state index >= 15 is 0 Å². The molecule has 0 saturated carbocycles. The van der Waals surface area contributed by atoms with E-state index in [1.54, 1.807) is 6.07 Å². The highest BCUT2D eigenvalue weighted by molar-refractivity contribution is 5.31. The molecule has 1 aromatic carbocycles. The van der Waals surface area contributed by atoms with Crippen molar-refractivity contribution in [2.45, 2.75) is 39.2 Å². The second-order valence-electron chi connectivity index (χ2n) is 5.28. The molecule has 1 unspecified atom stereocenters. The van der Waals surface area contributed by atoms with Gasteiger partial charge in [-0.05, 0) is 42.6 Å². The molecule has 3 heteroatoms. The van der Waals surface area contributed by atoms with Crippen LogP contribution < -0.4 is 5.32 Å². The summed E-state index contributed by atoms with van der Waals surface area (Å²) < 4.78 is 13.1. The first kappa shape index (κ1) is 15.6. The molecule has 1 atom stereocenters. The molecule has 2 nitrogen and oxygen atoms in total. The van der Waals surface area contributed by atoms with Crippen molar-refractivity contribution in [2.75, 3.05) is 6.54 Å². The van der Waals surface area contributed by atoms with Gasteiger partial charge >= 0.3 is 0 Å². The molecule has 0 fully saturated rings. The van der Waals surface area contributed by atoms with Crippen molar-refractivity contribution >= 4 is 0 Å². The van der Waals surface area contributed by atoms with Crippen LogP contribution in [0.1, 0.15) is 49.6 Å². The Kier molecular flexibility index (Phi) is 5.88. The van der Waals surface area contributed by atoms with Crippen LogP contribution in [-0.4, -0.2) is 11.5 Å². The summed E-state index contributed by atoms with van der Waals surface area (Å²) in [5, 5.41) is 3.51. The monoisotopic (exact) mass is 286 g/mol. The maximum atomic E-state index is 13.1. The minimum Gasteiger partial charge on any atom is -0.305 e. The molecule has 2 rings (SSSR count). The fourth-order valence-corrected chi connectivity index (χ4v) is 2.46. The van der Waals surface area contributed by atoms with Crippen LogP contribution in [0.3, 0.4) is 0 Å². The Labute approximate surface area is 126 Å². The highest BCUT2D eigenvalue weighted by Gasteiger charge is 2.15. The van der Waals surface area contributed by atoms with Gasteiger partial charge in [0.15, 0.2) is 0 Å². The van der Waals surface area contributed by atoms with Gasteiger partial charge in [-0.3, -0.25) is 4.98 Å². The average Bonchev–Trinajstić information content (AvgIpc) is 2.50. The quantitative estimate of drug-likeness (QED) is 0.822. The van der Waals surface area contributed by atoms with Crippen LogP contribution in [-0.2, 0) is 6.42 Å². The number of nitrogens with zero attached hydrogens (tertiary/aromatic N) is 1. The second-order valence-corrected chi connectivity index (χ2v) is 5.28. The van der Waals surface area contributed by atoms with E-state index in [0.29, 0.717) is 0 Å². The Hall–Kier alpha value is -1.74. The topological polar surface area (TPSA) is 24.9 Å². The molecule has 0 spiro atoms. The zero-order valence-electron chi connectivity index (χ0n) is 12.8. The molecule has 1 heterocycles. The van der Waals surface area contributed by atoms with E-state index in [1.165, 1.54) is 23.4 Å². The van der Waals surface area contributed by atoms with Crippen LogP contribution in [0.2, 0.25) is 0 Å². The molecule has 0 aliphatic heterocycles. The van der Waals surface area contributed by atoms with Crippen LogP contribution >= 0.6 is 0 Å². The lowest BCUT2D eigenvalue weighted by atomic mass is 9.99. The van der Waals surface area contributed by atoms with Crippen molar-refractivity contribution in [3.8, 4) is 0 Å². The average molecular weight is 286 g/mol. The van der Waals surface area contributed by atoms with E-state index < -0.39 is 0 Å². The number of nitrogens with one attached hydrogen (secondary N) is 1. The summed E-state index contributed by atoms with van der Waals surface area (Å²) in [7, 11) is 0. The van der Waals surface area contributed by atoms with Gasteiger partial charge < -0.3 is 5.32 Å². The van der Waals surface area contributed by atoms with Gasteiger partial charge in [-0.2, -0.15) is 0 Å². The van der Waals surface area contributed by atoms with Crippen molar-refractivity contribution in [2.24, 2.45) is 0 Å². The number of halogens is 1. The van der Waals surface area contributed by atoms with Gasteiger partial charge in [-0.25, -0.2) is 4.39 Å². The second kappa shape index (κ2) is 7.89. The predicted octanol–water partition coefficient (Wildman–Crippen LogP) is 4.26. The first-order valence-electron chi connectivity index (χ1n) is 7.68. The van der Waals surface area contributed by atoms with Gasteiger partial charge in [0.25, 0.3) is 0 Å². The molecule has 0 radical (unpaired) electrons. The van der Waals surface area contributed by atoms with Crippen molar-refractivity contribution in [1.82, 2.24) is 10.3 Å². The summed E-state index contributed by atoms with van der Waals surface area (Å²) in [6, 6.07) is 11.8. The fraction of sp³-hybridized carbons (Fsp3) is 0.389. The molecule has 0 bridgehead atoms.